The van der Waals surface area contributed by atoms with Crippen molar-refractivity contribution in [3.8, 4) is 5.75 Å². The fourth-order valence-corrected chi connectivity index (χ4v) is 3.00. The fraction of sp³-hybridized carbons (Fsp3) is 0.350. The van der Waals surface area contributed by atoms with E-state index < -0.39 is 6.10 Å². The highest BCUT2D eigenvalue weighted by molar-refractivity contribution is 6.31. The SMILES string of the molecule is CC1Oc2ccc(Cl)cc2N(Cc2ccc(C(C)(C)C)cc2)C1=O. The van der Waals surface area contributed by atoms with Gasteiger partial charge in [0.15, 0.2) is 6.10 Å². The molecule has 0 fully saturated rings. The number of halogens is 1. The zero-order valence-electron chi connectivity index (χ0n) is 14.5. The fourth-order valence-electron chi connectivity index (χ4n) is 2.84. The molecule has 1 aliphatic rings. The van der Waals surface area contributed by atoms with E-state index in [9.17, 15) is 4.79 Å². The Kier molecular flexibility index (Phi) is 4.31. The predicted octanol–water partition coefficient (Wildman–Crippen LogP) is 4.95. The summed E-state index contributed by atoms with van der Waals surface area (Å²) < 4.78 is 5.68. The molecule has 2 aromatic rings. The average molecular weight is 344 g/mol. The van der Waals surface area contributed by atoms with Crippen molar-refractivity contribution in [3.63, 3.8) is 0 Å². The number of nitrogens with zero attached hydrogens (tertiary/aromatic N) is 1. The van der Waals surface area contributed by atoms with Gasteiger partial charge in [0.25, 0.3) is 5.91 Å². The molecule has 126 valence electrons. The van der Waals surface area contributed by atoms with Crippen molar-refractivity contribution < 1.29 is 9.53 Å². The minimum absolute atomic E-state index is 0.0512. The zero-order chi connectivity index (χ0) is 17.5. The van der Waals surface area contributed by atoms with Crippen LogP contribution < -0.4 is 9.64 Å². The summed E-state index contributed by atoms with van der Waals surface area (Å²) in [6.07, 6.45) is -0.493. The number of rotatable bonds is 2. The van der Waals surface area contributed by atoms with Gasteiger partial charge < -0.3 is 9.64 Å². The van der Waals surface area contributed by atoms with Crippen LogP contribution in [0.15, 0.2) is 42.5 Å². The van der Waals surface area contributed by atoms with Gasteiger partial charge in [0.05, 0.1) is 12.2 Å². The molecular weight excluding hydrogens is 322 g/mol. The summed E-state index contributed by atoms with van der Waals surface area (Å²) in [6, 6.07) is 13.8. The molecule has 0 saturated carbocycles. The van der Waals surface area contributed by atoms with Gasteiger partial charge in [0.1, 0.15) is 5.75 Å². The Labute approximate surface area is 148 Å². The Hall–Kier alpha value is -2.00. The lowest BCUT2D eigenvalue weighted by atomic mass is 9.87. The summed E-state index contributed by atoms with van der Waals surface area (Å²) in [5.74, 6) is 0.641. The van der Waals surface area contributed by atoms with E-state index in [0.29, 0.717) is 17.3 Å². The maximum Gasteiger partial charge on any atom is 0.268 e. The predicted molar refractivity (Wildman–Crippen MR) is 97.9 cm³/mol. The van der Waals surface area contributed by atoms with Crippen LogP contribution in [-0.2, 0) is 16.8 Å². The quantitative estimate of drug-likeness (QED) is 0.772. The molecule has 2 aromatic carbocycles. The van der Waals surface area contributed by atoms with Gasteiger partial charge in [-0.15, -0.1) is 0 Å². The summed E-state index contributed by atoms with van der Waals surface area (Å²) in [7, 11) is 0. The summed E-state index contributed by atoms with van der Waals surface area (Å²) in [4.78, 5) is 14.3. The molecule has 0 aliphatic carbocycles. The highest BCUT2D eigenvalue weighted by Crippen LogP contribution is 2.37. The monoisotopic (exact) mass is 343 g/mol. The van der Waals surface area contributed by atoms with Crippen LogP contribution in [0.4, 0.5) is 5.69 Å². The van der Waals surface area contributed by atoms with E-state index in [-0.39, 0.29) is 11.3 Å². The van der Waals surface area contributed by atoms with Crippen LogP contribution in [0.1, 0.15) is 38.8 Å². The number of hydrogen-bond acceptors (Lipinski definition) is 2. The van der Waals surface area contributed by atoms with Crippen LogP contribution in [-0.4, -0.2) is 12.0 Å². The second-order valence-electron chi connectivity index (χ2n) is 7.24. The minimum Gasteiger partial charge on any atom is -0.479 e. The first-order valence-corrected chi connectivity index (χ1v) is 8.50. The van der Waals surface area contributed by atoms with Gasteiger partial charge in [-0.3, -0.25) is 4.79 Å². The standard InChI is InChI=1S/C20H22ClNO2/c1-13-19(23)22(17-11-16(21)9-10-18(17)24-13)12-14-5-7-15(8-6-14)20(2,3)4/h5-11,13H,12H2,1-4H3. The van der Waals surface area contributed by atoms with Crippen LogP contribution in [0.25, 0.3) is 0 Å². The molecule has 1 unspecified atom stereocenters. The van der Waals surface area contributed by atoms with E-state index in [1.807, 2.05) is 6.07 Å². The Morgan fingerprint density at radius 1 is 1.12 bits per heavy atom. The van der Waals surface area contributed by atoms with Crippen molar-refractivity contribution in [2.45, 2.75) is 45.8 Å². The summed E-state index contributed by atoms with van der Waals surface area (Å²) >= 11 is 6.11. The van der Waals surface area contributed by atoms with Gasteiger partial charge in [0.2, 0.25) is 0 Å². The molecule has 0 aromatic heterocycles. The third-order valence-electron chi connectivity index (χ3n) is 4.29. The van der Waals surface area contributed by atoms with E-state index in [0.717, 1.165) is 11.3 Å². The largest absolute Gasteiger partial charge is 0.479 e. The molecule has 24 heavy (non-hydrogen) atoms. The van der Waals surface area contributed by atoms with Gasteiger partial charge in [0, 0.05) is 5.02 Å². The molecule has 1 aliphatic heterocycles. The average Bonchev–Trinajstić information content (AvgIpc) is 2.52. The van der Waals surface area contributed by atoms with Crippen molar-refractivity contribution in [2.24, 2.45) is 0 Å². The molecule has 0 bridgehead atoms. The molecule has 3 nitrogen and oxygen atoms in total. The summed E-state index contributed by atoms with van der Waals surface area (Å²) in [6.45, 7) is 8.84. The van der Waals surface area contributed by atoms with Gasteiger partial charge >= 0.3 is 0 Å². The lowest BCUT2D eigenvalue weighted by Crippen LogP contribution is -2.44. The number of amides is 1. The molecule has 1 heterocycles. The lowest BCUT2D eigenvalue weighted by molar-refractivity contribution is -0.125. The van der Waals surface area contributed by atoms with E-state index in [2.05, 4.69) is 45.0 Å². The first kappa shape index (κ1) is 16.8. The first-order chi connectivity index (χ1) is 11.3. The number of fused-ring (bicyclic) bond motifs is 1. The van der Waals surface area contributed by atoms with Gasteiger partial charge in [-0.1, -0.05) is 56.6 Å². The highest BCUT2D eigenvalue weighted by Gasteiger charge is 2.31. The number of benzene rings is 2. The van der Waals surface area contributed by atoms with Gasteiger partial charge in [-0.2, -0.15) is 0 Å². The maximum atomic E-state index is 12.6. The number of carbonyl (C=O) groups excluding carboxylic acids is 1. The maximum absolute atomic E-state index is 12.6. The summed E-state index contributed by atoms with van der Waals surface area (Å²) in [5, 5.41) is 0.591. The van der Waals surface area contributed by atoms with E-state index >= 15 is 0 Å². The molecule has 0 saturated heterocycles. The second kappa shape index (κ2) is 6.14. The molecular formula is C20H22ClNO2. The number of carbonyl (C=O) groups is 1. The van der Waals surface area contributed by atoms with E-state index in [1.165, 1.54) is 5.56 Å². The molecule has 1 amide bonds. The Morgan fingerprint density at radius 2 is 1.79 bits per heavy atom. The Balaban J connectivity index is 1.91. The molecule has 3 rings (SSSR count). The molecule has 0 spiro atoms. The van der Waals surface area contributed by atoms with Crippen molar-refractivity contribution in [3.05, 3.63) is 58.6 Å². The van der Waals surface area contributed by atoms with Crippen molar-refractivity contribution >= 4 is 23.2 Å². The van der Waals surface area contributed by atoms with Crippen LogP contribution in [0.5, 0.6) is 5.75 Å². The van der Waals surface area contributed by atoms with Gasteiger partial charge in [-0.25, -0.2) is 0 Å². The number of hydrogen-bond donors (Lipinski definition) is 0. The van der Waals surface area contributed by atoms with Crippen molar-refractivity contribution in [2.75, 3.05) is 4.90 Å². The van der Waals surface area contributed by atoms with E-state index in [1.54, 1.807) is 24.0 Å². The molecule has 0 radical (unpaired) electrons. The van der Waals surface area contributed by atoms with Crippen molar-refractivity contribution in [1.29, 1.82) is 0 Å². The Morgan fingerprint density at radius 3 is 2.42 bits per heavy atom. The Bertz CT molecular complexity index is 762. The van der Waals surface area contributed by atoms with Crippen LogP contribution >= 0.6 is 11.6 Å². The van der Waals surface area contributed by atoms with Crippen LogP contribution in [0.3, 0.4) is 0 Å². The van der Waals surface area contributed by atoms with Crippen LogP contribution in [0.2, 0.25) is 5.02 Å². The van der Waals surface area contributed by atoms with Gasteiger partial charge in [-0.05, 0) is 41.7 Å². The van der Waals surface area contributed by atoms with Crippen molar-refractivity contribution in [1.82, 2.24) is 0 Å². The number of anilines is 1. The topological polar surface area (TPSA) is 29.5 Å². The van der Waals surface area contributed by atoms with E-state index in [4.69, 9.17) is 16.3 Å². The third-order valence-corrected chi connectivity index (χ3v) is 4.53. The smallest absolute Gasteiger partial charge is 0.268 e. The molecule has 0 N–H and O–H groups in total. The zero-order valence-corrected chi connectivity index (χ0v) is 15.2. The summed E-state index contributed by atoms with van der Waals surface area (Å²) in [5.41, 5.74) is 3.19. The molecule has 4 heteroatoms. The highest BCUT2D eigenvalue weighted by atomic mass is 35.5. The third kappa shape index (κ3) is 3.27. The van der Waals surface area contributed by atoms with Crippen LogP contribution in [0, 0.1) is 0 Å². The normalized spacial score (nSPS) is 17.5. The first-order valence-electron chi connectivity index (χ1n) is 8.13. The number of ether oxygens (including phenoxy) is 1. The lowest BCUT2D eigenvalue weighted by Gasteiger charge is -2.33. The second-order valence-corrected chi connectivity index (χ2v) is 7.68. The molecule has 1 atom stereocenters. The minimum atomic E-state index is -0.493.